The van der Waals surface area contributed by atoms with Crippen LogP contribution in [-0.4, -0.2) is 78.6 Å². The Morgan fingerprint density at radius 1 is 0.852 bits per heavy atom. The molecule has 3 rings (SSSR count). The molecule has 0 bridgehead atoms. The van der Waals surface area contributed by atoms with E-state index in [4.69, 9.17) is 9.84 Å². The Labute approximate surface area is 167 Å². The Kier molecular flexibility index (Phi) is 9.04. The Bertz CT molecular complexity index is 646. The number of benzene rings is 2. The maximum absolute atomic E-state index is 10.2. The minimum Gasteiger partial charge on any atom is -1.00 e. The van der Waals surface area contributed by atoms with Crippen molar-refractivity contribution in [2.24, 2.45) is 0 Å². The van der Waals surface area contributed by atoms with E-state index >= 15 is 0 Å². The van der Waals surface area contributed by atoms with Crippen LogP contribution in [0, 0.1) is 0 Å². The summed E-state index contributed by atoms with van der Waals surface area (Å²) >= 11 is 0. The average Bonchev–Trinajstić information content (AvgIpc) is 2.69. The van der Waals surface area contributed by atoms with Gasteiger partial charge in [0.2, 0.25) is 0 Å². The first-order valence-electron chi connectivity index (χ1n) is 9.26. The predicted octanol–water partition coefficient (Wildman–Crippen LogP) is -1.29. The van der Waals surface area contributed by atoms with Crippen LogP contribution in [0.5, 0.6) is 5.75 Å². The molecular weight excluding hydrogens is 364 g/mol. The monoisotopic (exact) mass is 391 g/mol. The van der Waals surface area contributed by atoms with E-state index in [1.165, 1.54) is 5.56 Å². The first kappa shape index (κ1) is 21.7. The lowest BCUT2D eigenvalue weighted by Gasteiger charge is -2.35. The molecule has 1 atom stereocenters. The summed E-state index contributed by atoms with van der Waals surface area (Å²) in [7, 11) is 0. The smallest absolute Gasteiger partial charge is 0.119 e. The Morgan fingerprint density at radius 2 is 1.44 bits per heavy atom. The number of halogens is 1. The fourth-order valence-corrected chi connectivity index (χ4v) is 3.25. The van der Waals surface area contributed by atoms with Crippen LogP contribution in [0.1, 0.15) is 0 Å². The number of nitrogens with zero attached hydrogens (tertiary/aromatic N) is 2. The molecule has 0 aliphatic carbocycles. The topological polar surface area (TPSA) is 56.2 Å². The van der Waals surface area contributed by atoms with Gasteiger partial charge >= 0.3 is 0 Å². The zero-order valence-corrected chi connectivity index (χ0v) is 16.3. The van der Waals surface area contributed by atoms with Crippen molar-refractivity contribution in [3.63, 3.8) is 0 Å². The molecule has 6 heteroatoms. The van der Waals surface area contributed by atoms with E-state index in [0.717, 1.165) is 44.0 Å². The molecule has 2 aromatic rings. The summed E-state index contributed by atoms with van der Waals surface area (Å²) in [5.41, 5.74) is 2.33. The molecule has 0 radical (unpaired) electrons. The van der Waals surface area contributed by atoms with Crippen LogP contribution in [0.3, 0.4) is 0 Å². The van der Waals surface area contributed by atoms with Crippen molar-refractivity contribution in [3.05, 3.63) is 54.6 Å². The number of β-amino-alcohol motifs (C(OH)–C–C–N with tert-alkyl or cyclic N) is 2. The number of hydrogen-bond donors (Lipinski definition) is 2. The Hall–Kier alpha value is -1.63. The molecule has 0 saturated carbocycles. The molecule has 1 unspecified atom stereocenters. The molecule has 5 nitrogen and oxygen atoms in total. The van der Waals surface area contributed by atoms with E-state index < -0.39 is 6.10 Å². The van der Waals surface area contributed by atoms with Gasteiger partial charge in [-0.05, 0) is 23.3 Å². The molecule has 0 spiro atoms. The Balaban J connectivity index is 0.00000261. The molecule has 0 aromatic heterocycles. The third-order valence-corrected chi connectivity index (χ3v) is 4.75. The second kappa shape index (κ2) is 11.3. The maximum Gasteiger partial charge on any atom is 0.119 e. The van der Waals surface area contributed by atoms with Gasteiger partial charge in [0.25, 0.3) is 0 Å². The molecule has 27 heavy (non-hydrogen) atoms. The quantitative estimate of drug-likeness (QED) is 0.586. The highest BCUT2D eigenvalue weighted by Gasteiger charge is 2.19. The van der Waals surface area contributed by atoms with Gasteiger partial charge in [-0.1, -0.05) is 42.5 Å². The first-order chi connectivity index (χ1) is 12.7. The fraction of sp³-hybridized carbons (Fsp3) is 0.429. The fourth-order valence-electron chi connectivity index (χ4n) is 3.25. The highest BCUT2D eigenvalue weighted by molar-refractivity contribution is 5.63. The van der Waals surface area contributed by atoms with Gasteiger partial charge in [0.05, 0.1) is 6.61 Å². The Morgan fingerprint density at radius 3 is 2.07 bits per heavy atom. The summed E-state index contributed by atoms with van der Waals surface area (Å²) in [6, 6.07) is 18.2. The zero-order valence-electron chi connectivity index (χ0n) is 15.5. The number of aliphatic hydroxyl groups is 2. The average molecular weight is 392 g/mol. The summed E-state index contributed by atoms with van der Waals surface area (Å²) in [6.45, 7) is 5.57. The van der Waals surface area contributed by atoms with E-state index in [2.05, 4.69) is 21.9 Å². The second-order valence-electron chi connectivity index (χ2n) is 6.72. The SMILES string of the molecule is OCCN1CCN(CC(O)COc2ccc(-c3ccccc3)cc2)CC1.[Cl-]. The van der Waals surface area contributed by atoms with Crippen molar-refractivity contribution in [1.82, 2.24) is 9.80 Å². The third kappa shape index (κ3) is 6.79. The number of ether oxygens (including phenoxy) is 1. The van der Waals surface area contributed by atoms with Crippen LogP contribution in [0.2, 0.25) is 0 Å². The van der Waals surface area contributed by atoms with E-state index in [1.807, 2.05) is 42.5 Å². The van der Waals surface area contributed by atoms with E-state index in [-0.39, 0.29) is 19.0 Å². The minimum atomic E-state index is -0.506. The second-order valence-corrected chi connectivity index (χ2v) is 6.72. The summed E-state index contributed by atoms with van der Waals surface area (Å²) in [5, 5.41) is 19.2. The molecule has 1 saturated heterocycles. The van der Waals surface area contributed by atoms with Crippen molar-refractivity contribution >= 4 is 0 Å². The van der Waals surface area contributed by atoms with Gasteiger partial charge in [-0.15, -0.1) is 0 Å². The van der Waals surface area contributed by atoms with E-state index in [0.29, 0.717) is 13.2 Å². The van der Waals surface area contributed by atoms with Crippen LogP contribution < -0.4 is 17.1 Å². The highest BCUT2D eigenvalue weighted by atomic mass is 35.5. The zero-order chi connectivity index (χ0) is 18.2. The molecule has 1 aliphatic heterocycles. The highest BCUT2D eigenvalue weighted by Crippen LogP contribution is 2.22. The van der Waals surface area contributed by atoms with Gasteiger partial charge < -0.3 is 27.4 Å². The molecule has 1 aliphatic rings. The van der Waals surface area contributed by atoms with Crippen LogP contribution in [0.4, 0.5) is 0 Å². The molecule has 0 amide bonds. The van der Waals surface area contributed by atoms with E-state index in [1.54, 1.807) is 0 Å². The van der Waals surface area contributed by atoms with Gasteiger partial charge in [0.1, 0.15) is 18.5 Å². The molecule has 1 heterocycles. The number of hydrogen-bond acceptors (Lipinski definition) is 5. The summed E-state index contributed by atoms with van der Waals surface area (Å²) in [4.78, 5) is 4.49. The summed E-state index contributed by atoms with van der Waals surface area (Å²) in [5.74, 6) is 0.775. The number of piperazine rings is 1. The lowest BCUT2D eigenvalue weighted by atomic mass is 10.1. The molecule has 2 aromatic carbocycles. The summed E-state index contributed by atoms with van der Waals surface area (Å²) < 4.78 is 5.74. The van der Waals surface area contributed by atoms with Crippen LogP contribution >= 0.6 is 0 Å². The van der Waals surface area contributed by atoms with Crippen molar-refractivity contribution < 1.29 is 27.4 Å². The van der Waals surface area contributed by atoms with Crippen LogP contribution in [-0.2, 0) is 0 Å². The van der Waals surface area contributed by atoms with Crippen molar-refractivity contribution in [2.75, 3.05) is 52.5 Å². The normalized spacial score (nSPS) is 16.5. The first-order valence-corrected chi connectivity index (χ1v) is 9.26. The predicted molar refractivity (Wildman–Crippen MR) is 103 cm³/mol. The molecule has 148 valence electrons. The summed E-state index contributed by atoms with van der Waals surface area (Å²) in [6.07, 6.45) is -0.506. The van der Waals surface area contributed by atoms with Gasteiger partial charge in [-0.25, -0.2) is 0 Å². The molecule has 2 N–H and O–H groups in total. The van der Waals surface area contributed by atoms with Crippen molar-refractivity contribution in [2.45, 2.75) is 6.10 Å². The lowest BCUT2D eigenvalue weighted by Crippen LogP contribution is -3.00. The van der Waals surface area contributed by atoms with Crippen LogP contribution in [0.25, 0.3) is 11.1 Å². The largest absolute Gasteiger partial charge is 1.00 e. The van der Waals surface area contributed by atoms with Gasteiger partial charge in [0.15, 0.2) is 0 Å². The minimum absolute atomic E-state index is 0. The lowest BCUT2D eigenvalue weighted by molar-refractivity contribution is -0.00000856. The van der Waals surface area contributed by atoms with Crippen molar-refractivity contribution in [3.8, 4) is 16.9 Å². The standard InChI is InChI=1S/C21H28N2O3.ClH/c24-15-14-22-10-12-23(13-11-22)16-20(25)17-26-21-8-6-19(7-9-21)18-4-2-1-3-5-18;/h1-9,20,24-25H,10-17H2;1H/p-1. The van der Waals surface area contributed by atoms with Gasteiger partial charge in [-0.3, -0.25) is 9.80 Å². The van der Waals surface area contributed by atoms with Crippen LogP contribution in [0.15, 0.2) is 54.6 Å². The van der Waals surface area contributed by atoms with Crippen molar-refractivity contribution in [1.29, 1.82) is 0 Å². The maximum atomic E-state index is 10.2. The van der Waals surface area contributed by atoms with E-state index in [9.17, 15) is 5.11 Å². The number of aliphatic hydroxyl groups excluding tert-OH is 2. The molecule has 1 fully saturated rings. The van der Waals surface area contributed by atoms with Gasteiger partial charge in [0, 0.05) is 39.3 Å². The third-order valence-electron chi connectivity index (χ3n) is 4.75. The van der Waals surface area contributed by atoms with Gasteiger partial charge in [-0.2, -0.15) is 0 Å². The number of rotatable bonds is 8. The molecular formula is C21H28ClN2O3-.